The van der Waals surface area contributed by atoms with E-state index in [9.17, 15) is 0 Å². The van der Waals surface area contributed by atoms with Crippen LogP contribution < -0.4 is 4.74 Å². The third-order valence-corrected chi connectivity index (χ3v) is 2.56. The maximum atomic E-state index is 5.53. The van der Waals surface area contributed by atoms with E-state index in [-0.39, 0.29) is 5.41 Å². The van der Waals surface area contributed by atoms with E-state index in [1.165, 1.54) is 11.1 Å². The highest BCUT2D eigenvalue weighted by atomic mass is 16.5. The standard InChI is InChI=1S/C12H16O/c1-12(2,3)10-5-4-9-6-7-13-11(9)8-10/h4-5,8H,6-7H2,1-3H3. The fourth-order valence-electron chi connectivity index (χ4n) is 1.63. The van der Waals surface area contributed by atoms with Gasteiger partial charge in [-0.15, -0.1) is 0 Å². The minimum atomic E-state index is 0.223. The number of rotatable bonds is 0. The van der Waals surface area contributed by atoms with Crippen molar-refractivity contribution >= 4 is 0 Å². The van der Waals surface area contributed by atoms with Crippen LogP contribution in [0.25, 0.3) is 0 Å². The molecule has 0 aromatic heterocycles. The van der Waals surface area contributed by atoms with E-state index in [4.69, 9.17) is 4.74 Å². The molecule has 0 N–H and O–H groups in total. The van der Waals surface area contributed by atoms with Gasteiger partial charge in [0.15, 0.2) is 0 Å². The second kappa shape index (κ2) is 2.76. The van der Waals surface area contributed by atoms with Crippen molar-refractivity contribution in [3.8, 4) is 5.75 Å². The quantitative estimate of drug-likeness (QED) is 0.590. The van der Waals surface area contributed by atoms with Gasteiger partial charge in [0.05, 0.1) is 6.61 Å². The number of ether oxygens (including phenoxy) is 1. The Morgan fingerprint density at radius 3 is 2.69 bits per heavy atom. The molecule has 0 saturated heterocycles. The summed E-state index contributed by atoms with van der Waals surface area (Å²) in [5.41, 5.74) is 2.93. The molecular weight excluding hydrogens is 160 g/mol. The molecule has 1 aliphatic rings. The summed E-state index contributed by atoms with van der Waals surface area (Å²) in [6, 6.07) is 6.60. The van der Waals surface area contributed by atoms with Crippen LogP contribution in [0, 0.1) is 0 Å². The zero-order chi connectivity index (χ0) is 9.47. The van der Waals surface area contributed by atoms with Crippen LogP contribution in [0.5, 0.6) is 5.75 Å². The first-order chi connectivity index (χ1) is 6.07. The Balaban J connectivity index is 2.42. The number of fused-ring (bicyclic) bond motifs is 1. The van der Waals surface area contributed by atoms with Crippen molar-refractivity contribution < 1.29 is 4.74 Å². The molecule has 0 atom stereocenters. The lowest BCUT2D eigenvalue weighted by molar-refractivity contribution is 0.356. The zero-order valence-electron chi connectivity index (χ0n) is 8.55. The number of benzene rings is 1. The Hall–Kier alpha value is -0.980. The summed E-state index contributed by atoms with van der Waals surface area (Å²) in [5.74, 6) is 1.09. The predicted molar refractivity (Wildman–Crippen MR) is 54.3 cm³/mol. The molecule has 0 aliphatic carbocycles. The first-order valence-corrected chi connectivity index (χ1v) is 4.83. The summed E-state index contributed by atoms with van der Waals surface area (Å²) in [6.07, 6.45) is 1.07. The minimum absolute atomic E-state index is 0.223. The second-order valence-electron chi connectivity index (χ2n) is 4.67. The topological polar surface area (TPSA) is 9.23 Å². The van der Waals surface area contributed by atoms with Gasteiger partial charge >= 0.3 is 0 Å². The van der Waals surface area contributed by atoms with Gasteiger partial charge in [0, 0.05) is 6.42 Å². The minimum Gasteiger partial charge on any atom is -0.493 e. The summed E-state index contributed by atoms with van der Waals surface area (Å²) in [6.45, 7) is 7.53. The normalized spacial score (nSPS) is 15.3. The van der Waals surface area contributed by atoms with Crippen LogP contribution in [0.3, 0.4) is 0 Å². The monoisotopic (exact) mass is 176 g/mol. The Bertz CT molecular complexity index is 320. The summed E-state index contributed by atoms with van der Waals surface area (Å²) in [4.78, 5) is 0. The highest BCUT2D eigenvalue weighted by molar-refractivity contribution is 5.42. The van der Waals surface area contributed by atoms with Crippen molar-refractivity contribution in [1.82, 2.24) is 0 Å². The molecule has 0 unspecified atom stereocenters. The lowest BCUT2D eigenvalue weighted by Crippen LogP contribution is -2.10. The molecule has 0 amide bonds. The number of hydrogen-bond donors (Lipinski definition) is 0. The van der Waals surface area contributed by atoms with Crippen LogP contribution in [-0.4, -0.2) is 6.61 Å². The van der Waals surface area contributed by atoms with Crippen molar-refractivity contribution in [3.63, 3.8) is 0 Å². The first kappa shape index (κ1) is 8.61. The summed E-state index contributed by atoms with van der Waals surface area (Å²) in [5, 5.41) is 0. The molecule has 0 fully saturated rings. The van der Waals surface area contributed by atoms with Gasteiger partial charge in [-0.3, -0.25) is 0 Å². The maximum Gasteiger partial charge on any atom is 0.122 e. The lowest BCUT2D eigenvalue weighted by Gasteiger charge is -2.19. The van der Waals surface area contributed by atoms with Gasteiger partial charge in [0.2, 0.25) is 0 Å². The zero-order valence-corrected chi connectivity index (χ0v) is 8.55. The molecule has 2 rings (SSSR count). The lowest BCUT2D eigenvalue weighted by atomic mass is 9.86. The molecule has 1 heterocycles. The average molecular weight is 176 g/mol. The van der Waals surface area contributed by atoms with Crippen LogP contribution >= 0.6 is 0 Å². The van der Waals surface area contributed by atoms with Gasteiger partial charge in [-0.1, -0.05) is 32.9 Å². The van der Waals surface area contributed by atoms with Crippen LogP contribution in [0.2, 0.25) is 0 Å². The molecule has 1 nitrogen and oxygen atoms in total. The van der Waals surface area contributed by atoms with E-state index in [0.717, 1.165) is 18.8 Å². The van der Waals surface area contributed by atoms with Crippen LogP contribution in [0.1, 0.15) is 31.9 Å². The fraction of sp³-hybridized carbons (Fsp3) is 0.500. The predicted octanol–water partition coefficient (Wildman–Crippen LogP) is 2.92. The SMILES string of the molecule is CC(C)(C)c1ccc2c(c1)OCC2. The van der Waals surface area contributed by atoms with Crippen molar-refractivity contribution in [2.24, 2.45) is 0 Å². The van der Waals surface area contributed by atoms with E-state index >= 15 is 0 Å². The van der Waals surface area contributed by atoms with Crippen LogP contribution in [0.15, 0.2) is 18.2 Å². The maximum absolute atomic E-state index is 5.53. The molecule has 1 aliphatic heterocycles. The van der Waals surface area contributed by atoms with Gasteiger partial charge in [0.25, 0.3) is 0 Å². The van der Waals surface area contributed by atoms with Gasteiger partial charge < -0.3 is 4.74 Å². The Morgan fingerprint density at radius 1 is 1.23 bits per heavy atom. The third-order valence-electron chi connectivity index (χ3n) is 2.56. The van der Waals surface area contributed by atoms with Gasteiger partial charge in [-0.25, -0.2) is 0 Å². The van der Waals surface area contributed by atoms with E-state index in [0.29, 0.717) is 0 Å². The fourth-order valence-corrected chi connectivity index (χ4v) is 1.63. The molecular formula is C12H16O. The van der Waals surface area contributed by atoms with Gasteiger partial charge in [0.1, 0.15) is 5.75 Å². The van der Waals surface area contributed by atoms with E-state index in [1.54, 1.807) is 0 Å². The summed E-state index contributed by atoms with van der Waals surface area (Å²) < 4.78 is 5.53. The van der Waals surface area contributed by atoms with Crippen LogP contribution in [0.4, 0.5) is 0 Å². The third kappa shape index (κ3) is 1.55. The molecule has 0 saturated carbocycles. The average Bonchev–Trinajstić information content (AvgIpc) is 2.47. The highest BCUT2D eigenvalue weighted by Gasteiger charge is 2.18. The molecule has 0 spiro atoms. The van der Waals surface area contributed by atoms with Crippen LogP contribution in [-0.2, 0) is 11.8 Å². The molecule has 1 aromatic carbocycles. The largest absolute Gasteiger partial charge is 0.493 e. The smallest absolute Gasteiger partial charge is 0.122 e. The summed E-state index contributed by atoms with van der Waals surface area (Å²) >= 11 is 0. The van der Waals surface area contributed by atoms with E-state index in [2.05, 4.69) is 39.0 Å². The molecule has 13 heavy (non-hydrogen) atoms. The second-order valence-corrected chi connectivity index (χ2v) is 4.67. The van der Waals surface area contributed by atoms with Crippen molar-refractivity contribution in [2.45, 2.75) is 32.6 Å². The molecule has 0 bridgehead atoms. The van der Waals surface area contributed by atoms with Crippen molar-refractivity contribution in [3.05, 3.63) is 29.3 Å². The molecule has 0 radical (unpaired) electrons. The van der Waals surface area contributed by atoms with E-state index < -0.39 is 0 Å². The highest BCUT2D eigenvalue weighted by Crippen LogP contribution is 2.31. The van der Waals surface area contributed by atoms with Crippen molar-refractivity contribution in [1.29, 1.82) is 0 Å². The first-order valence-electron chi connectivity index (χ1n) is 4.83. The Morgan fingerprint density at radius 2 is 2.00 bits per heavy atom. The Kier molecular flexibility index (Phi) is 1.83. The molecule has 70 valence electrons. The number of hydrogen-bond acceptors (Lipinski definition) is 1. The molecule has 1 aromatic rings. The molecule has 1 heteroatoms. The van der Waals surface area contributed by atoms with Gasteiger partial charge in [-0.05, 0) is 22.6 Å². The van der Waals surface area contributed by atoms with Crippen molar-refractivity contribution in [2.75, 3.05) is 6.61 Å². The Labute approximate surface area is 79.7 Å². The summed E-state index contributed by atoms with van der Waals surface area (Å²) in [7, 11) is 0. The van der Waals surface area contributed by atoms with Gasteiger partial charge in [-0.2, -0.15) is 0 Å². The van der Waals surface area contributed by atoms with E-state index in [1.807, 2.05) is 0 Å².